The number of methoxy groups -OCH3 is 1. The van der Waals surface area contributed by atoms with Gasteiger partial charge in [0.1, 0.15) is 18.2 Å². The summed E-state index contributed by atoms with van der Waals surface area (Å²) in [5, 5.41) is 3.02. The number of ether oxygens (including phenoxy) is 3. The first-order chi connectivity index (χ1) is 17.1. The van der Waals surface area contributed by atoms with E-state index in [-0.39, 0.29) is 23.8 Å². The van der Waals surface area contributed by atoms with Crippen LogP contribution < -0.4 is 19.7 Å². The SMILES string of the molecule is CCc1ccc(Nc2ncnc(OC3C4COCC3CN(c3ncc(Br)cn3)C4)c2OC)c(F)c1. The molecule has 0 amide bonds. The minimum absolute atomic E-state index is 0.0878. The van der Waals surface area contributed by atoms with Gasteiger partial charge < -0.3 is 24.4 Å². The van der Waals surface area contributed by atoms with Crippen LogP contribution in [0.4, 0.5) is 21.8 Å². The molecule has 0 aliphatic carbocycles. The molecule has 35 heavy (non-hydrogen) atoms. The summed E-state index contributed by atoms with van der Waals surface area (Å²) >= 11 is 3.38. The average molecular weight is 545 g/mol. The lowest BCUT2D eigenvalue weighted by Gasteiger charge is -2.46. The average Bonchev–Trinajstić information content (AvgIpc) is 2.86. The van der Waals surface area contributed by atoms with Crippen LogP contribution in [0.25, 0.3) is 0 Å². The molecule has 2 unspecified atom stereocenters. The van der Waals surface area contributed by atoms with Crippen molar-refractivity contribution < 1.29 is 18.6 Å². The monoisotopic (exact) mass is 544 g/mol. The Morgan fingerprint density at radius 2 is 1.89 bits per heavy atom. The maximum atomic E-state index is 14.6. The molecule has 0 radical (unpaired) electrons. The molecule has 1 N–H and O–H groups in total. The molecular weight excluding hydrogens is 519 g/mol. The highest BCUT2D eigenvalue weighted by Crippen LogP contribution is 2.38. The first kappa shape index (κ1) is 23.7. The Morgan fingerprint density at radius 3 is 2.54 bits per heavy atom. The number of piperidine rings is 1. The maximum Gasteiger partial charge on any atom is 0.262 e. The fraction of sp³-hybridized carbons (Fsp3) is 0.417. The van der Waals surface area contributed by atoms with Gasteiger partial charge in [-0.1, -0.05) is 13.0 Å². The normalized spacial score (nSPS) is 21.5. The first-order valence-corrected chi connectivity index (χ1v) is 12.3. The Morgan fingerprint density at radius 1 is 1.14 bits per heavy atom. The van der Waals surface area contributed by atoms with Gasteiger partial charge in [0, 0.05) is 37.3 Å². The van der Waals surface area contributed by atoms with E-state index >= 15 is 0 Å². The number of benzene rings is 1. The van der Waals surface area contributed by atoms with Crippen molar-refractivity contribution in [2.75, 3.05) is 43.6 Å². The van der Waals surface area contributed by atoms with Crippen LogP contribution in [0.15, 0.2) is 41.4 Å². The Balaban J connectivity index is 1.36. The summed E-state index contributed by atoms with van der Waals surface area (Å²) in [6.45, 7) is 4.48. The van der Waals surface area contributed by atoms with Gasteiger partial charge in [-0.05, 0) is 40.0 Å². The summed E-state index contributed by atoms with van der Waals surface area (Å²) in [7, 11) is 1.52. The van der Waals surface area contributed by atoms with E-state index in [1.54, 1.807) is 18.5 Å². The molecule has 2 aliphatic heterocycles. The second kappa shape index (κ2) is 10.3. The number of halogens is 2. The Bertz CT molecular complexity index is 1170. The molecule has 2 atom stereocenters. The molecule has 1 aromatic carbocycles. The van der Waals surface area contributed by atoms with Crippen LogP contribution in [-0.2, 0) is 11.2 Å². The van der Waals surface area contributed by atoms with E-state index in [1.807, 2.05) is 13.0 Å². The summed E-state index contributed by atoms with van der Waals surface area (Å²) in [6.07, 6.45) is 5.50. The number of nitrogens with zero attached hydrogens (tertiary/aromatic N) is 5. The van der Waals surface area contributed by atoms with Gasteiger partial charge in [-0.2, -0.15) is 4.98 Å². The second-order valence-electron chi connectivity index (χ2n) is 8.60. The third-order valence-electron chi connectivity index (χ3n) is 6.31. The molecule has 3 aromatic rings. The standard InChI is InChI=1S/C24H26BrFN6O3/c1-3-14-4-5-19(18(26)6-14)31-22-21(33-2)23(30-13-29-22)35-20-15-9-32(10-16(20)12-34-11-15)24-27-7-17(25)8-28-24/h4-8,13,15-16,20H,3,9-12H2,1-2H3,(H,29,30,31). The Labute approximate surface area is 211 Å². The van der Waals surface area contributed by atoms with Crippen LogP contribution in [-0.4, -0.2) is 59.5 Å². The lowest BCUT2D eigenvalue weighted by Crippen LogP contribution is -2.58. The number of anilines is 3. The molecule has 2 saturated heterocycles. The molecule has 184 valence electrons. The molecule has 2 fully saturated rings. The zero-order chi connectivity index (χ0) is 24.4. The van der Waals surface area contributed by atoms with Gasteiger partial charge in [0.25, 0.3) is 5.88 Å². The number of fused-ring (bicyclic) bond motifs is 2. The summed E-state index contributed by atoms with van der Waals surface area (Å²) in [4.78, 5) is 19.6. The van der Waals surface area contributed by atoms with Crippen molar-refractivity contribution in [2.45, 2.75) is 19.4 Å². The Kier molecular flexibility index (Phi) is 6.96. The van der Waals surface area contributed by atoms with Crippen LogP contribution >= 0.6 is 15.9 Å². The second-order valence-corrected chi connectivity index (χ2v) is 9.52. The largest absolute Gasteiger partial charge is 0.489 e. The van der Waals surface area contributed by atoms with Gasteiger partial charge in [-0.25, -0.2) is 19.3 Å². The van der Waals surface area contributed by atoms with Crippen molar-refractivity contribution in [1.82, 2.24) is 19.9 Å². The molecule has 11 heteroatoms. The fourth-order valence-corrected chi connectivity index (χ4v) is 4.78. The van der Waals surface area contributed by atoms with Crippen LogP contribution in [0.3, 0.4) is 0 Å². The number of aryl methyl sites for hydroxylation is 1. The van der Waals surface area contributed by atoms with Gasteiger partial charge >= 0.3 is 0 Å². The van der Waals surface area contributed by atoms with Gasteiger partial charge in [-0.3, -0.25) is 0 Å². The van der Waals surface area contributed by atoms with E-state index in [0.29, 0.717) is 55.4 Å². The van der Waals surface area contributed by atoms with E-state index in [0.717, 1.165) is 16.5 Å². The Hall–Kier alpha value is -3.05. The number of nitrogens with one attached hydrogen (secondary N) is 1. The molecule has 0 spiro atoms. The van der Waals surface area contributed by atoms with Crippen LogP contribution in [0.1, 0.15) is 12.5 Å². The minimum atomic E-state index is -0.360. The molecule has 9 nitrogen and oxygen atoms in total. The topological polar surface area (TPSA) is 94.5 Å². The smallest absolute Gasteiger partial charge is 0.262 e. The fourth-order valence-electron chi connectivity index (χ4n) is 4.57. The highest BCUT2D eigenvalue weighted by Gasteiger charge is 2.43. The van der Waals surface area contributed by atoms with Crippen molar-refractivity contribution in [3.05, 3.63) is 52.8 Å². The molecule has 2 bridgehead atoms. The van der Waals surface area contributed by atoms with E-state index in [2.05, 4.69) is 46.1 Å². The zero-order valence-electron chi connectivity index (χ0n) is 19.4. The molecule has 2 aromatic heterocycles. The highest BCUT2D eigenvalue weighted by atomic mass is 79.9. The van der Waals surface area contributed by atoms with Crippen molar-refractivity contribution in [3.8, 4) is 11.6 Å². The predicted octanol–water partition coefficient (Wildman–Crippen LogP) is 4.01. The van der Waals surface area contributed by atoms with E-state index < -0.39 is 0 Å². The molecular formula is C24H26BrFN6O3. The minimum Gasteiger partial charge on any atom is -0.489 e. The van der Waals surface area contributed by atoms with Crippen molar-refractivity contribution >= 4 is 33.4 Å². The number of aromatic nitrogens is 4. The van der Waals surface area contributed by atoms with E-state index in [9.17, 15) is 4.39 Å². The molecule has 4 heterocycles. The number of hydrogen-bond acceptors (Lipinski definition) is 9. The third-order valence-corrected chi connectivity index (χ3v) is 6.72. The molecule has 5 rings (SSSR count). The van der Waals surface area contributed by atoms with Gasteiger partial charge in [-0.15, -0.1) is 0 Å². The number of hydrogen-bond donors (Lipinski definition) is 1. The maximum absolute atomic E-state index is 14.6. The summed E-state index contributed by atoms with van der Waals surface area (Å²) in [5.74, 6) is 1.47. The summed E-state index contributed by atoms with van der Waals surface area (Å²) in [5.41, 5.74) is 1.22. The van der Waals surface area contributed by atoms with Gasteiger partial charge in [0.2, 0.25) is 11.7 Å². The van der Waals surface area contributed by atoms with Crippen molar-refractivity contribution in [3.63, 3.8) is 0 Å². The lowest BCUT2D eigenvalue weighted by atomic mass is 9.84. The lowest BCUT2D eigenvalue weighted by molar-refractivity contribution is -0.0775. The van der Waals surface area contributed by atoms with Gasteiger partial charge in [0.05, 0.1) is 30.5 Å². The third kappa shape index (κ3) is 5.01. The number of rotatable bonds is 7. The van der Waals surface area contributed by atoms with E-state index in [1.165, 1.54) is 19.5 Å². The van der Waals surface area contributed by atoms with Crippen LogP contribution in [0.2, 0.25) is 0 Å². The highest BCUT2D eigenvalue weighted by molar-refractivity contribution is 9.10. The van der Waals surface area contributed by atoms with Crippen molar-refractivity contribution in [1.29, 1.82) is 0 Å². The molecule has 0 saturated carbocycles. The van der Waals surface area contributed by atoms with Crippen molar-refractivity contribution in [2.24, 2.45) is 11.8 Å². The first-order valence-electron chi connectivity index (χ1n) is 11.5. The van der Waals surface area contributed by atoms with E-state index in [4.69, 9.17) is 14.2 Å². The summed E-state index contributed by atoms with van der Waals surface area (Å²) < 4.78 is 33.3. The summed E-state index contributed by atoms with van der Waals surface area (Å²) in [6, 6.07) is 5.08. The predicted molar refractivity (Wildman–Crippen MR) is 132 cm³/mol. The van der Waals surface area contributed by atoms with Crippen LogP contribution in [0.5, 0.6) is 11.6 Å². The van der Waals surface area contributed by atoms with Gasteiger partial charge in [0.15, 0.2) is 5.82 Å². The quantitative estimate of drug-likeness (QED) is 0.473. The zero-order valence-corrected chi connectivity index (χ0v) is 21.0. The van der Waals surface area contributed by atoms with Crippen LogP contribution in [0, 0.1) is 17.7 Å². The molecule has 2 aliphatic rings.